The third-order valence-corrected chi connectivity index (χ3v) is 2.45. The van der Waals surface area contributed by atoms with Gasteiger partial charge in [-0.05, 0) is 6.42 Å². The molecule has 0 unspecified atom stereocenters. The first-order chi connectivity index (χ1) is 7.43. The van der Waals surface area contributed by atoms with Gasteiger partial charge in [0.2, 0.25) is 0 Å². The van der Waals surface area contributed by atoms with Crippen molar-refractivity contribution < 1.29 is 21.7 Å². The monoisotopic (exact) mass is 308 g/mol. The molecule has 0 spiro atoms. The van der Waals surface area contributed by atoms with E-state index >= 15 is 0 Å². The molecule has 0 aliphatic carbocycles. The summed E-state index contributed by atoms with van der Waals surface area (Å²) in [5.74, 6) is 0.960. The first-order valence-electron chi connectivity index (χ1n) is 6.02. The minimum Gasteiger partial charge on any atom is -1.00 e. The van der Waals surface area contributed by atoms with Crippen molar-refractivity contribution in [3.8, 4) is 5.75 Å². The number of hydrogen-bond donors (Lipinski definition) is 0. The summed E-state index contributed by atoms with van der Waals surface area (Å²) in [6.45, 7) is 3.09. The van der Waals surface area contributed by atoms with Crippen molar-refractivity contribution in [2.24, 2.45) is 0 Å². The van der Waals surface area contributed by atoms with E-state index < -0.39 is 0 Å². The van der Waals surface area contributed by atoms with Crippen molar-refractivity contribution in [2.75, 3.05) is 6.61 Å². The fourth-order valence-electron chi connectivity index (χ4n) is 1.54. The van der Waals surface area contributed by atoms with E-state index in [1.165, 1.54) is 38.5 Å². The van der Waals surface area contributed by atoms with Gasteiger partial charge < -0.3 is 21.7 Å². The molecule has 1 aromatic rings. The molecule has 1 rings (SSSR count). The molecule has 0 saturated heterocycles. The van der Waals surface area contributed by atoms with Crippen molar-refractivity contribution in [3.05, 3.63) is 30.3 Å². The quantitative estimate of drug-likeness (QED) is 0.393. The number of hydrogen-bond acceptors (Lipinski definition) is 1. The second-order valence-corrected chi connectivity index (χ2v) is 3.85. The predicted molar refractivity (Wildman–Crippen MR) is 69.9 cm³/mol. The average molecular weight is 310 g/mol. The van der Waals surface area contributed by atoms with Gasteiger partial charge in [0.1, 0.15) is 0 Å². The third-order valence-electron chi connectivity index (χ3n) is 2.45. The number of rotatable bonds is 8. The zero-order valence-corrected chi connectivity index (χ0v) is 13.8. The van der Waals surface area contributed by atoms with Crippen molar-refractivity contribution >= 4 is 23.1 Å². The molecule has 1 aromatic carbocycles. The Morgan fingerprint density at radius 1 is 1.00 bits per heavy atom. The van der Waals surface area contributed by atoms with Crippen LogP contribution in [0.4, 0.5) is 0 Å². The van der Waals surface area contributed by atoms with Crippen LogP contribution in [0.1, 0.15) is 45.4 Å². The van der Waals surface area contributed by atoms with Crippen molar-refractivity contribution in [1.29, 1.82) is 0 Å². The van der Waals surface area contributed by atoms with Crippen LogP contribution < -0.4 is 21.7 Å². The number of benzene rings is 1. The maximum Gasteiger partial charge on any atom is 2.00 e. The Hall–Kier alpha value is 0.266. The van der Waals surface area contributed by atoms with Gasteiger partial charge in [-0.15, -0.1) is 12.1 Å². The van der Waals surface area contributed by atoms with Crippen LogP contribution in [0.2, 0.25) is 0 Å². The summed E-state index contributed by atoms with van der Waals surface area (Å²) in [5.41, 5.74) is 0. The Morgan fingerprint density at radius 2 is 1.59 bits per heavy atom. The van der Waals surface area contributed by atoms with E-state index in [1.54, 1.807) is 0 Å². The van der Waals surface area contributed by atoms with Crippen LogP contribution in [-0.4, -0.2) is 29.7 Å². The summed E-state index contributed by atoms with van der Waals surface area (Å²) in [6, 6.07) is 10.7. The largest absolute Gasteiger partial charge is 2.00 e. The maximum atomic E-state index is 5.59. The number of unbranched alkanes of at least 4 members (excludes halogenated alkanes) is 5. The van der Waals surface area contributed by atoms with Crippen LogP contribution in [0.15, 0.2) is 24.3 Å². The fraction of sp³-hybridized carbons (Fsp3) is 0.571. The van der Waals surface area contributed by atoms with E-state index in [9.17, 15) is 0 Å². The first kappa shape index (κ1) is 19.6. The summed E-state index contributed by atoms with van der Waals surface area (Å²) in [7, 11) is 0. The molecule has 17 heavy (non-hydrogen) atoms. The summed E-state index contributed by atoms with van der Waals surface area (Å²) in [4.78, 5) is 0. The van der Waals surface area contributed by atoms with Crippen LogP contribution in [0.3, 0.4) is 0 Å². The zero-order chi connectivity index (χ0) is 10.8. The second-order valence-electron chi connectivity index (χ2n) is 3.85. The third kappa shape index (κ3) is 11.1. The molecule has 0 aliphatic heterocycles. The Kier molecular flexibility index (Phi) is 16.5. The van der Waals surface area contributed by atoms with Crippen LogP contribution in [0.5, 0.6) is 5.75 Å². The molecule has 0 bridgehead atoms. The van der Waals surface area contributed by atoms with Crippen molar-refractivity contribution in [3.63, 3.8) is 0 Å². The minimum atomic E-state index is 0. The minimum absolute atomic E-state index is 0. The molecule has 0 aromatic heterocycles. The van der Waals surface area contributed by atoms with E-state index in [4.69, 9.17) is 4.74 Å². The fourth-order valence-corrected chi connectivity index (χ4v) is 1.54. The van der Waals surface area contributed by atoms with E-state index in [2.05, 4.69) is 13.0 Å². The van der Waals surface area contributed by atoms with Gasteiger partial charge in [-0.1, -0.05) is 39.0 Å². The second kappa shape index (κ2) is 14.3. The Balaban J connectivity index is 0. The van der Waals surface area contributed by atoms with Crippen molar-refractivity contribution in [1.82, 2.24) is 0 Å². The molecule has 1 nitrogen and oxygen atoms in total. The van der Waals surface area contributed by atoms with Gasteiger partial charge in [0.25, 0.3) is 0 Å². The smallest absolute Gasteiger partial charge is 1.00 e. The molecule has 0 amide bonds. The molecule has 92 valence electrons. The molecule has 0 aliphatic rings. The summed E-state index contributed by atoms with van der Waals surface area (Å²) in [6.07, 6.45) is 7.87. The SMILES string of the molecule is CCCCCCCCOc1cc[c-]cc1.[Br-].[Mg+2]. The molecule has 3 heteroatoms. The maximum absolute atomic E-state index is 5.59. The van der Waals surface area contributed by atoms with E-state index in [-0.39, 0.29) is 40.0 Å². The number of halogens is 1. The van der Waals surface area contributed by atoms with Crippen LogP contribution in [0, 0.1) is 6.07 Å². The van der Waals surface area contributed by atoms with E-state index in [0.717, 1.165) is 12.4 Å². The molecule has 0 N–H and O–H groups in total. The molecular formula is C14H21BrMgO. The number of ether oxygens (including phenoxy) is 1. The van der Waals surface area contributed by atoms with Gasteiger partial charge >= 0.3 is 23.1 Å². The van der Waals surface area contributed by atoms with Gasteiger partial charge in [-0.2, -0.15) is 18.2 Å². The van der Waals surface area contributed by atoms with Gasteiger partial charge in [-0.3, -0.25) is 0 Å². The summed E-state index contributed by atoms with van der Waals surface area (Å²) in [5, 5.41) is 0. The van der Waals surface area contributed by atoms with Crippen molar-refractivity contribution in [2.45, 2.75) is 45.4 Å². The van der Waals surface area contributed by atoms with E-state index in [0.29, 0.717) is 0 Å². The molecule has 0 fully saturated rings. The standard InChI is InChI=1S/C14H21O.BrH.Mg/c1-2-3-4-5-6-10-13-15-14-11-8-7-9-12-14;;/h8-9,11-12H,2-6,10,13H2,1H3;1H;/q-1;;+2/p-1. The summed E-state index contributed by atoms with van der Waals surface area (Å²) >= 11 is 0. The molecular weight excluding hydrogens is 288 g/mol. The Bertz CT molecular complexity index is 241. The topological polar surface area (TPSA) is 9.23 Å². The van der Waals surface area contributed by atoms with Gasteiger partial charge in [0.05, 0.1) is 6.61 Å². The Morgan fingerprint density at radius 3 is 2.24 bits per heavy atom. The normalized spacial score (nSPS) is 9.00. The molecule has 0 heterocycles. The molecule has 0 atom stereocenters. The average Bonchev–Trinajstić information content (AvgIpc) is 2.29. The van der Waals surface area contributed by atoms with Crippen LogP contribution >= 0.6 is 0 Å². The van der Waals surface area contributed by atoms with Gasteiger partial charge in [0.15, 0.2) is 0 Å². The predicted octanol–water partition coefficient (Wildman–Crippen LogP) is 0.849. The van der Waals surface area contributed by atoms with Crippen LogP contribution in [-0.2, 0) is 0 Å². The molecule has 0 radical (unpaired) electrons. The van der Waals surface area contributed by atoms with Gasteiger partial charge in [-0.25, -0.2) is 0 Å². The Labute approximate surface area is 132 Å². The molecule has 0 saturated carbocycles. The van der Waals surface area contributed by atoms with E-state index in [1.807, 2.05) is 24.3 Å². The first-order valence-corrected chi connectivity index (χ1v) is 6.02. The van der Waals surface area contributed by atoms with Crippen LogP contribution in [0.25, 0.3) is 0 Å². The zero-order valence-electron chi connectivity index (χ0n) is 10.8. The summed E-state index contributed by atoms with van der Waals surface area (Å²) < 4.78 is 5.59. The van der Waals surface area contributed by atoms with Gasteiger partial charge in [0, 0.05) is 5.75 Å².